The minimum absolute atomic E-state index is 0.296. The summed E-state index contributed by atoms with van der Waals surface area (Å²) in [4.78, 5) is 21.8. The topological polar surface area (TPSA) is 133 Å². The smallest absolute Gasteiger partial charge is 0.322 e. The first-order chi connectivity index (χ1) is 15.1. The molecule has 0 bridgehead atoms. The summed E-state index contributed by atoms with van der Waals surface area (Å²) in [6.07, 6.45) is -1.86. The number of aliphatic hydroxyl groups is 3. The van der Waals surface area contributed by atoms with E-state index in [-0.39, 0.29) is 6.03 Å². The van der Waals surface area contributed by atoms with Gasteiger partial charge in [0.15, 0.2) is 6.23 Å². The molecule has 1 saturated heterocycles. The van der Waals surface area contributed by atoms with E-state index >= 15 is 0 Å². The summed E-state index contributed by atoms with van der Waals surface area (Å²) >= 11 is 5.92. The van der Waals surface area contributed by atoms with E-state index in [2.05, 4.69) is 15.3 Å². The number of ether oxygens (including phenoxy) is 1. The van der Waals surface area contributed by atoms with Crippen LogP contribution in [0.4, 0.5) is 10.6 Å². The van der Waals surface area contributed by atoms with Crippen molar-refractivity contribution in [3.05, 3.63) is 53.4 Å². The largest absolute Gasteiger partial charge is 0.386 e. The van der Waals surface area contributed by atoms with E-state index in [1.54, 1.807) is 50.6 Å². The van der Waals surface area contributed by atoms with Gasteiger partial charge in [0.25, 0.3) is 0 Å². The Morgan fingerprint density at radius 3 is 2.62 bits per heavy atom. The van der Waals surface area contributed by atoms with Crippen LogP contribution in [-0.2, 0) is 4.74 Å². The Balaban J connectivity index is 1.67. The Bertz CT molecular complexity index is 1130. The lowest BCUT2D eigenvalue weighted by molar-refractivity contribution is -0.115. The summed E-state index contributed by atoms with van der Waals surface area (Å²) in [6, 6.07) is 7.82. The number of hydrogen-bond donors (Lipinski definition) is 4. The third-order valence-corrected chi connectivity index (χ3v) is 5.90. The van der Waals surface area contributed by atoms with Crippen LogP contribution in [-0.4, -0.2) is 72.7 Å². The van der Waals surface area contributed by atoms with Gasteiger partial charge in [-0.3, -0.25) is 5.32 Å². The zero-order valence-corrected chi connectivity index (χ0v) is 18.4. The molecular weight excluding hydrogens is 438 g/mol. The lowest BCUT2D eigenvalue weighted by atomic mass is 9.88. The van der Waals surface area contributed by atoms with Gasteiger partial charge < -0.3 is 29.5 Å². The van der Waals surface area contributed by atoms with E-state index in [9.17, 15) is 20.1 Å². The SMILES string of the molecule is CN(C)C(=O)Nc1ncnc2c1ccn2[C@@H]1O[C@H]([C@H](O)c2ccc(Cl)cc2)[C@@](C)(O)[C@H]1O. The molecule has 0 radical (unpaired) electrons. The van der Waals surface area contributed by atoms with Gasteiger partial charge in [-0.25, -0.2) is 14.8 Å². The second kappa shape index (κ2) is 8.30. The Hall–Kier alpha value is -2.76. The van der Waals surface area contributed by atoms with Gasteiger partial charge in [-0.05, 0) is 30.7 Å². The maximum atomic E-state index is 12.0. The Morgan fingerprint density at radius 1 is 1.28 bits per heavy atom. The first-order valence-electron chi connectivity index (χ1n) is 9.90. The quantitative estimate of drug-likeness (QED) is 0.466. The van der Waals surface area contributed by atoms with Crippen molar-refractivity contribution in [3.8, 4) is 0 Å². The summed E-state index contributed by atoms with van der Waals surface area (Å²) in [5, 5.41) is 36.5. The molecule has 0 spiro atoms. The molecular formula is C21H24ClN5O5. The number of carbonyl (C=O) groups excluding carboxylic acids is 1. The molecule has 0 aliphatic carbocycles. The van der Waals surface area contributed by atoms with Gasteiger partial charge in [-0.1, -0.05) is 23.7 Å². The molecule has 2 amide bonds. The van der Waals surface area contributed by atoms with Crippen molar-refractivity contribution in [3.63, 3.8) is 0 Å². The average molecular weight is 462 g/mol. The minimum Gasteiger partial charge on any atom is -0.386 e. The normalized spacial score (nSPS) is 26.3. The second-order valence-electron chi connectivity index (χ2n) is 8.12. The molecule has 4 rings (SSSR count). The van der Waals surface area contributed by atoms with Crippen molar-refractivity contribution in [1.29, 1.82) is 0 Å². The fourth-order valence-electron chi connectivity index (χ4n) is 3.75. The van der Waals surface area contributed by atoms with Crippen molar-refractivity contribution in [2.75, 3.05) is 19.4 Å². The molecule has 1 aliphatic heterocycles. The third kappa shape index (κ3) is 3.80. The number of fused-ring (bicyclic) bond motifs is 1. The fraction of sp³-hybridized carbons (Fsp3) is 0.381. The predicted molar refractivity (Wildman–Crippen MR) is 117 cm³/mol. The molecule has 11 heteroatoms. The Labute approximate surface area is 189 Å². The van der Waals surface area contributed by atoms with Crippen molar-refractivity contribution in [1.82, 2.24) is 19.4 Å². The highest BCUT2D eigenvalue weighted by molar-refractivity contribution is 6.30. The van der Waals surface area contributed by atoms with Crippen molar-refractivity contribution >= 4 is 34.5 Å². The van der Waals surface area contributed by atoms with Gasteiger partial charge in [0.1, 0.15) is 41.7 Å². The number of halogens is 1. The first kappa shape index (κ1) is 22.4. The van der Waals surface area contributed by atoms with Gasteiger partial charge in [-0.2, -0.15) is 0 Å². The zero-order chi connectivity index (χ0) is 23.2. The first-order valence-corrected chi connectivity index (χ1v) is 10.3. The molecule has 3 heterocycles. The molecule has 4 N–H and O–H groups in total. The van der Waals surface area contributed by atoms with Gasteiger partial charge in [0.2, 0.25) is 0 Å². The lowest BCUT2D eigenvalue weighted by Crippen LogP contribution is -2.47. The number of amides is 2. The van der Waals surface area contributed by atoms with Crippen LogP contribution in [0, 0.1) is 0 Å². The standard InChI is InChI=1S/C21H24ClN5O5/c1-21(31)15(29)19(32-16(21)14(28)11-4-6-12(22)7-5-11)27-9-8-13-17(23-10-24-18(13)27)25-20(30)26(2)3/h4-10,14-16,19,28-29,31H,1-3H3,(H,23,24,25,30)/t14-,15+,16-,19-,21+/m1/s1. The van der Waals surface area contributed by atoms with E-state index in [1.165, 1.54) is 22.7 Å². The van der Waals surface area contributed by atoms with Crippen LogP contribution in [0.5, 0.6) is 0 Å². The summed E-state index contributed by atoms with van der Waals surface area (Å²) in [7, 11) is 3.21. The number of nitrogens with one attached hydrogen (secondary N) is 1. The van der Waals surface area contributed by atoms with Gasteiger partial charge in [0, 0.05) is 25.3 Å². The van der Waals surface area contributed by atoms with Gasteiger partial charge >= 0.3 is 6.03 Å². The summed E-state index contributed by atoms with van der Waals surface area (Å²) in [6.45, 7) is 1.41. The highest BCUT2D eigenvalue weighted by Gasteiger charge is 2.55. The molecule has 0 saturated carbocycles. The number of urea groups is 1. The summed E-state index contributed by atoms with van der Waals surface area (Å²) in [5.74, 6) is 0.296. The zero-order valence-electron chi connectivity index (χ0n) is 17.7. The Morgan fingerprint density at radius 2 is 1.97 bits per heavy atom. The predicted octanol–water partition coefficient (Wildman–Crippen LogP) is 1.92. The van der Waals surface area contributed by atoms with Crippen molar-refractivity contribution < 1.29 is 24.9 Å². The molecule has 32 heavy (non-hydrogen) atoms. The number of aromatic nitrogens is 3. The summed E-state index contributed by atoms with van der Waals surface area (Å²) in [5.41, 5.74) is -0.897. The minimum atomic E-state index is -1.77. The third-order valence-electron chi connectivity index (χ3n) is 5.64. The molecule has 1 aromatic carbocycles. The number of rotatable bonds is 4. The average Bonchev–Trinajstić information content (AvgIpc) is 3.27. The van der Waals surface area contributed by atoms with Crippen molar-refractivity contribution in [2.24, 2.45) is 0 Å². The van der Waals surface area contributed by atoms with Crippen LogP contribution in [0.3, 0.4) is 0 Å². The number of nitrogens with zero attached hydrogens (tertiary/aromatic N) is 4. The highest BCUT2D eigenvalue weighted by atomic mass is 35.5. The Kier molecular flexibility index (Phi) is 5.82. The molecule has 5 atom stereocenters. The van der Waals surface area contributed by atoms with E-state index in [0.717, 1.165) is 0 Å². The maximum absolute atomic E-state index is 12.0. The van der Waals surface area contributed by atoms with Gasteiger partial charge in [0.05, 0.1) is 5.39 Å². The molecule has 1 fully saturated rings. The molecule has 1 aliphatic rings. The van der Waals surface area contributed by atoms with E-state index in [4.69, 9.17) is 16.3 Å². The number of hydrogen-bond acceptors (Lipinski definition) is 7. The fourth-order valence-corrected chi connectivity index (χ4v) is 3.88. The van der Waals surface area contributed by atoms with E-state index in [0.29, 0.717) is 27.4 Å². The van der Waals surface area contributed by atoms with Crippen LogP contribution in [0.1, 0.15) is 24.8 Å². The van der Waals surface area contributed by atoms with E-state index in [1.807, 2.05) is 0 Å². The summed E-state index contributed by atoms with van der Waals surface area (Å²) < 4.78 is 7.51. The van der Waals surface area contributed by atoms with Crippen LogP contribution in [0.2, 0.25) is 5.02 Å². The van der Waals surface area contributed by atoms with Crippen LogP contribution in [0.25, 0.3) is 11.0 Å². The van der Waals surface area contributed by atoms with Gasteiger partial charge in [-0.15, -0.1) is 0 Å². The molecule has 170 valence electrons. The molecule has 2 aromatic heterocycles. The monoisotopic (exact) mass is 461 g/mol. The maximum Gasteiger partial charge on any atom is 0.322 e. The number of carbonyl (C=O) groups is 1. The molecule has 10 nitrogen and oxygen atoms in total. The van der Waals surface area contributed by atoms with Crippen LogP contribution < -0.4 is 5.32 Å². The molecule has 0 unspecified atom stereocenters. The lowest BCUT2D eigenvalue weighted by Gasteiger charge is -2.29. The number of benzene rings is 1. The number of aliphatic hydroxyl groups excluding tert-OH is 2. The highest BCUT2D eigenvalue weighted by Crippen LogP contribution is 2.43. The number of anilines is 1. The second-order valence-corrected chi connectivity index (χ2v) is 8.56. The van der Waals surface area contributed by atoms with E-state index < -0.39 is 30.1 Å². The van der Waals surface area contributed by atoms with Crippen LogP contribution in [0.15, 0.2) is 42.9 Å². The van der Waals surface area contributed by atoms with Crippen LogP contribution >= 0.6 is 11.6 Å². The van der Waals surface area contributed by atoms with Crippen molar-refractivity contribution in [2.45, 2.75) is 37.1 Å². The molecule has 3 aromatic rings.